The summed E-state index contributed by atoms with van der Waals surface area (Å²) in [4.78, 5) is 12.8. The van der Waals surface area contributed by atoms with Crippen LogP contribution in [0.3, 0.4) is 0 Å². The Balaban J connectivity index is 4.29. The second kappa shape index (κ2) is 6.08. The van der Waals surface area contributed by atoms with Crippen LogP contribution < -0.4 is 5.73 Å². The molecule has 3 N–H and O–H groups in total. The third kappa shape index (κ3) is 5.74. The van der Waals surface area contributed by atoms with Crippen LogP contribution >= 0.6 is 0 Å². The van der Waals surface area contributed by atoms with E-state index in [-0.39, 0.29) is 17.9 Å². The summed E-state index contributed by atoms with van der Waals surface area (Å²) in [7, 11) is 0. The van der Waals surface area contributed by atoms with E-state index in [1.807, 2.05) is 13.8 Å². The Hall–Kier alpha value is -0.610. The number of nitrogens with zero attached hydrogens (tertiary/aromatic N) is 1. The monoisotopic (exact) mass is 216 g/mol. The summed E-state index contributed by atoms with van der Waals surface area (Å²) in [5.74, 6) is -0.744. The van der Waals surface area contributed by atoms with Crippen LogP contribution in [-0.4, -0.2) is 41.7 Å². The Morgan fingerprint density at radius 1 is 1.53 bits per heavy atom. The first-order chi connectivity index (χ1) is 6.82. The van der Waals surface area contributed by atoms with Gasteiger partial charge in [-0.2, -0.15) is 0 Å². The van der Waals surface area contributed by atoms with E-state index in [1.165, 1.54) is 0 Å². The topological polar surface area (TPSA) is 66.6 Å². The van der Waals surface area contributed by atoms with Crippen LogP contribution in [0.4, 0.5) is 0 Å². The maximum Gasteiger partial charge on any atom is 0.304 e. The van der Waals surface area contributed by atoms with E-state index < -0.39 is 5.97 Å². The highest BCUT2D eigenvalue weighted by atomic mass is 16.4. The van der Waals surface area contributed by atoms with E-state index in [9.17, 15) is 4.79 Å². The minimum atomic E-state index is -0.744. The zero-order chi connectivity index (χ0) is 12.1. The molecule has 0 radical (unpaired) electrons. The van der Waals surface area contributed by atoms with Gasteiger partial charge in [0.25, 0.3) is 0 Å². The van der Waals surface area contributed by atoms with Crippen molar-refractivity contribution in [1.29, 1.82) is 0 Å². The molecule has 15 heavy (non-hydrogen) atoms. The van der Waals surface area contributed by atoms with Crippen molar-refractivity contribution in [2.24, 2.45) is 11.1 Å². The maximum absolute atomic E-state index is 10.6. The van der Waals surface area contributed by atoms with E-state index >= 15 is 0 Å². The molecule has 0 amide bonds. The molecule has 0 aromatic rings. The SMILES string of the molecule is CCN(CC(C)(C)CN)C(C)CC(=O)O. The van der Waals surface area contributed by atoms with E-state index in [0.29, 0.717) is 6.54 Å². The molecular weight excluding hydrogens is 192 g/mol. The summed E-state index contributed by atoms with van der Waals surface area (Å²) >= 11 is 0. The normalized spacial score (nSPS) is 14.3. The number of carboxylic acids is 1. The lowest BCUT2D eigenvalue weighted by molar-refractivity contribution is -0.138. The lowest BCUT2D eigenvalue weighted by Crippen LogP contribution is -2.43. The Morgan fingerprint density at radius 3 is 2.40 bits per heavy atom. The Bertz CT molecular complexity index is 205. The fourth-order valence-electron chi connectivity index (χ4n) is 1.58. The molecule has 0 saturated heterocycles. The molecule has 0 aromatic heterocycles. The second-order valence-corrected chi connectivity index (χ2v) is 4.88. The molecule has 0 spiro atoms. The molecule has 0 bridgehead atoms. The molecule has 1 unspecified atom stereocenters. The second-order valence-electron chi connectivity index (χ2n) is 4.88. The average Bonchev–Trinajstić information content (AvgIpc) is 2.13. The Kier molecular flexibility index (Phi) is 5.83. The van der Waals surface area contributed by atoms with Crippen LogP contribution in [-0.2, 0) is 4.79 Å². The molecule has 0 aliphatic heterocycles. The highest BCUT2D eigenvalue weighted by Crippen LogP contribution is 2.17. The third-order valence-corrected chi connectivity index (χ3v) is 2.68. The molecule has 4 nitrogen and oxygen atoms in total. The van der Waals surface area contributed by atoms with Crippen LogP contribution in [0.1, 0.15) is 34.1 Å². The smallest absolute Gasteiger partial charge is 0.304 e. The molecule has 0 heterocycles. The van der Waals surface area contributed by atoms with Crippen molar-refractivity contribution in [1.82, 2.24) is 4.90 Å². The lowest BCUT2D eigenvalue weighted by Gasteiger charge is -2.34. The summed E-state index contributed by atoms with van der Waals surface area (Å²) < 4.78 is 0. The van der Waals surface area contributed by atoms with Crippen molar-refractivity contribution in [3.8, 4) is 0 Å². The van der Waals surface area contributed by atoms with Gasteiger partial charge in [0, 0.05) is 12.6 Å². The number of rotatable bonds is 7. The molecule has 0 fully saturated rings. The van der Waals surface area contributed by atoms with Crippen LogP contribution in [0.25, 0.3) is 0 Å². The number of nitrogens with two attached hydrogens (primary N) is 1. The van der Waals surface area contributed by atoms with Gasteiger partial charge in [0.1, 0.15) is 0 Å². The third-order valence-electron chi connectivity index (χ3n) is 2.68. The van der Waals surface area contributed by atoms with Gasteiger partial charge >= 0.3 is 5.97 Å². The van der Waals surface area contributed by atoms with Gasteiger partial charge in [-0.1, -0.05) is 20.8 Å². The van der Waals surface area contributed by atoms with Gasteiger partial charge < -0.3 is 10.8 Å². The Labute approximate surface area is 92.4 Å². The highest BCUT2D eigenvalue weighted by molar-refractivity contribution is 5.67. The number of carboxylic acid groups (broad SMARTS) is 1. The summed E-state index contributed by atoms with van der Waals surface area (Å²) in [5, 5.41) is 8.73. The molecular formula is C11H24N2O2. The largest absolute Gasteiger partial charge is 0.481 e. The van der Waals surface area contributed by atoms with E-state index in [0.717, 1.165) is 13.1 Å². The number of hydrogen-bond donors (Lipinski definition) is 2. The zero-order valence-corrected chi connectivity index (χ0v) is 10.3. The summed E-state index contributed by atoms with van der Waals surface area (Å²) in [5.41, 5.74) is 5.71. The van der Waals surface area contributed by atoms with Crippen LogP contribution in [0, 0.1) is 5.41 Å². The van der Waals surface area contributed by atoms with Crippen molar-refractivity contribution in [2.75, 3.05) is 19.6 Å². The predicted molar refractivity (Wildman–Crippen MR) is 61.8 cm³/mol. The maximum atomic E-state index is 10.6. The van der Waals surface area contributed by atoms with Crippen LogP contribution in [0.2, 0.25) is 0 Å². The number of carbonyl (C=O) groups is 1. The van der Waals surface area contributed by atoms with Crippen molar-refractivity contribution in [2.45, 2.75) is 40.2 Å². The summed E-state index contributed by atoms with van der Waals surface area (Å²) in [6, 6.07) is 0.0679. The first-order valence-electron chi connectivity index (χ1n) is 5.48. The standard InChI is InChI=1S/C11H24N2O2/c1-5-13(8-11(3,4)7-12)9(2)6-10(14)15/h9H,5-8,12H2,1-4H3,(H,14,15). The van der Waals surface area contributed by atoms with E-state index in [4.69, 9.17) is 10.8 Å². The zero-order valence-electron chi connectivity index (χ0n) is 10.3. The first-order valence-corrected chi connectivity index (χ1v) is 5.48. The minimum absolute atomic E-state index is 0.0444. The molecule has 0 aromatic carbocycles. The molecule has 0 rings (SSSR count). The molecule has 0 saturated carbocycles. The quantitative estimate of drug-likeness (QED) is 0.670. The number of aliphatic carboxylic acids is 1. The average molecular weight is 216 g/mol. The van der Waals surface area contributed by atoms with Gasteiger partial charge in [-0.15, -0.1) is 0 Å². The van der Waals surface area contributed by atoms with Crippen molar-refractivity contribution >= 4 is 5.97 Å². The van der Waals surface area contributed by atoms with E-state index in [1.54, 1.807) is 0 Å². The van der Waals surface area contributed by atoms with Crippen LogP contribution in [0.5, 0.6) is 0 Å². The highest BCUT2D eigenvalue weighted by Gasteiger charge is 2.23. The molecule has 90 valence electrons. The minimum Gasteiger partial charge on any atom is -0.481 e. The summed E-state index contributed by atoms with van der Waals surface area (Å²) in [6.07, 6.45) is 0.189. The fraction of sp³-hybridized carbons (Fsp3) is 0.909. The first kappa shape index (κ1) is 14.4. The molecule has 4 heteroatoms. The fourth-order valence-corrected chi connectivity index (χ4v) is 1.58. The van der Waals surface area contributed by atoms with Gasteiger partial charge in [-0.3, -0.25) is 9.69 Å². The van der Waals surface area contributed by atoms with Crippen molar-refractivity contribution in [3.05, 3.63) is 0 Å². The predicted octanol–water partition coefficient (Wildman–Crippen LogP) is 1.16. The van der Waals surface area contributed by atoms with Gasteiger partial charge in [0.05, 0.1) is 6.42 Å². The molecule has 0 aliphatic rings. The number of hydrogen-bond acceptors (Lipinski definition) is 3. The van der Waals surface area contributed by atoms with E-state index in [2.05, 4.69) is 18.7 Å². The van der Waals surface area contributed by atoms with Gasteiger partial charge in [0.2, 0.25) is 0 Å². The van der Waals surface area contributed by atoms with Gasteiger partial charge in [-0.25, -0.2) is 0 Å². The Morgan fingerprint density at radius 2 is 2.07 bits per heavy atom. The summed E-state index contributed by atoms with van der Waals surface area (Å²) in [6.45, 7) is 10.5. The van der Waals surface area contributed by atoms with Gasteiger partial charge in [0.15, 0.2) is 0 Å². The van der Waals surface area contributed by atoms with Crippen molar-refractivity contribution in [3.63, 3.8) is 0 Å². The van der Waals surface area contributed by atoms with Gasteiger partial charge in [-0.05, 0) is 25.4 Å². The molecule has 0 aliphatic carbocycles. The van der Waals surface area contributed by atoms with Crippen LogP contribution in [0.15, 0.2) is 0 Å². The molecule has 1 atom stereocenters. The lowest BCUT2D eigenvalue weighted by atomic mass is 9.92. The van der Waals surface area contributed by atoms with Crippen molar-refractivity contribution < 1.29 is 9.90 Å².